The minimum atomic E-state index is -4.08. The quantitative estimate of drug-likeness (QED) is 0.769. The van der Waals surface area contributed by atoms with Crippen LogP contribution >= 0.6 is 0 Å². The van der Waals surface area contributed by atoms with E-state index in [1.165, 1.54) is 6.42 Å². The minimum absolute atomic E-state index is 0.0572. The van der Waals surface area contributed by atoms with Gasteiger partial charge in [-0.2, -0.15) is 13.2 Å². The summed E-state index contributed by atoms with van der Waals surface area (Å²) in [4.78, 5) is 1.99. The van der Waals surface area contributed by atoms with Gasteiger partial charge in [0.1, 0.15) is 0 Å². The molecule has 0 spiro atoms. The van der Waals surface area contributed by atoms with Crippen LogP contribution < -0.4 is 5.32 Å². The molecule has 0 aromatic carbocycles. The summed E-state index contributed by atoms with van der Waals surface area (Å²) in [5, 5.41) is 2.89. The number of rotatable bonds is 5. The standard InChI is InChI=1S/C13H25F3N2/c1-3-4-5-6-11(2)18-8-7-17-9-12(10-18)13(14,15)16/h11-12,17H,3-10H2,1-2H3. The third kappa shape index (κ3) is 5.14. The predicted octanol–water partition coefficient (Wildman–Crippen LogP) is 3.04. The van der Waals surface area contributed by atoms with Crippen LogP contribution in [0.25, 0.3) is 0 Å². The molecule has 1 aliphatic heterocycles. The molecule has 1 N–H and O–H groups in total. The van der Waals surface area contributed by atoms with Gasteiger partial charge in [0.05, 0.1) is 5.92 Å². The molecule has 0 bridgehead atoms. The number of nitrogens with one attached hydrogen (secondary N) is 1. The van der Waals surface area contributed by atoms with Crippen molar-refractivity contribution >= 4 is 0 Å². The Morgan fingerprint density at radius 2 is 2.06 bits per heavy atom. The molecule has 18 heavy (non-hydrogen) atoms. The van der Waals surface area contributed by atoms with Crippen molar-refractivity contribution in [3.63, 3.8) is 0 Å². The maximum absolute atomic E-state index is 12.8. The third-order valence-electron chi connectivity index (χ3n) is 3.73. The van der Waals surface area contributed by atoms with Gasteiger partial charge in [0.2, 0.25) is 0 Å². The normalized spacial score (nSPS) is 24.8. The lowest BCUT2D eigenvalue weighted by Crippen LogP contribution is -2.41. The van der Waals surface area contributed by atoms with E-state index in [1.807, 2.05) is 4.90 Å². The lowest BCUT2D eigenvalue weighted by atomic mass is 10.1. The largest absolute Gasteiger partial charge is 0.394 e. The van der Waals surface area contributed by atoms with E-state index in [9.17, 15) is 13.2 Å². The number of hydrogen-bond acceptors (Lipinski definition) is 2. The molecule has 0 aromatic rings. The molecule has 1 heterocycles. The Morgan fingerprint density at radius 3 is 2.67 bits per heavy atom. The van der Waals surface area contributed by atoms with Crippen molar-refractivity contribution in [1.82, 2.24) is 10.2 Å². The molecule has 2 atom stereocenters. The molecule has 0 aromatic heterocycles. The van der Waals surface area contributed by atoms with E-state index in [4.69, 9.17) is 0 Å². The zero-order valence-corrected chi connectivity index (χ0v) is 11.4. The maximum Gasteiger partial charge on any atom is 0.394 e. The molecule has 0 aliphatic carbocycles. The van der Waals surface area contributed by atoms with Crippen LogP contribution in [0.4, 0.5) is 13.2 Å². The van der Waals surface area contributed by atoms with Gasteiger partial charge in [-0.25, -0.2) is 0 Å². The van der Waals surface area contributed by atoms with Crippen LogP contribution in [-0.2, 0) is 0 Å². The van der Waals surface area contributed by atoms with E-state index in [2.05, 4.69) is 19.2 Å². The highest BCUT2D eigenvalue weighted by Crippen LogP contribution is 2.28. The molecule has 2 unspecified atom stereocenters. The highest BCUT2D eigenvalue weighted by molar-refractivity contribution is 4.81. The van der Waals surface area contributed by atoms with Crippen molar-refractivity contribution in [3.05, 3.63) is 0 Å². The number of halogens is 3. The van der Waals surface area contributed by atoms with Crippen molar-refractivity contribution in [2.45, 2.75) is 51.7 Å². The first-order chi connectivity index (χ1) is 8.45. The van der Waals surface area contributed by atoms with E-state index in [-0.39, 0.29) is 19.1 Å². The van der Waals surface area contributed by atoms with Crippen LogP contribution in [-0.4, -0.2) is 43.3 Å². The van der Waals surface area contributed by atoms with Crippen LogP contribution in [0.3, 0.4) is 0 Å². The van der Waals surface area contributed by atoms with Crippen LogP contribution in [0.15, 0.2) is 0 Å². The van der Waals surface area contributed by atoms with E-state index >= 15 is 0 Å². The maximum atomic E-state index is 12.8. The third-order valence-corrected chi connectivity index (χ3v) is 3.73. The van der Waals surface area contributed by atoms with E-state index < -0.39 is 12.1 Å². The van der Waals surface area contributed by atoms with E-state index in [1.54, 1.807) is 0 Å². The van der Waals surface area contributed by atoms with Gasteiger partial charge in [-0.15, -0.1) is 0 Å². The minimum Gasteiger partial charge on any atom is -0.315 e. The second-order valence-corrected chi connectivity index (χ2v) is 5.28. The summed E-state index contributed by atoms with van der Waals surface area (Å²) in [7, 11) is 0. The lowest BCUT2D eigenvalue weighted by Gasteiger charge is -2.30. The summed E-state index contributed by atoms with van der Waals surface area (Å²) in [5.74, 6) is -1.23. The van der Waals surface area contributed by atoms with Gasteiger partial charge >= 0.3 is 6.18 Å². The molecule has 0 saturated carbocycles. The number of alkyl halides is 3. The Labute approximate surface area is 108 Å². The lowest BCUT2D eigenvalue weighted by molar-refractivity contribution is -0.176. The molecule has 0 amide bonds. The topological polar surface area (TPSA) is 15.3 Å². The zero-order chi connectivity index (χ0) is 13.6. The van der Waals surface area contributed by atoms with Gasteiger partial charge in [-0.05, 0) is 13.3 Å². The van der Waals surface area contributed by atoms with Crippen molar-refractivity contribution < 1.29 is 13.2 Å². The monoisotopic (exact) mass is 266 g/mol. The van der Waals surface area contributed by atoms with Crippen LogP contribution in [0.5, 0.6) is 0 Å². The summed E-state index contributed by atoms with van der Waals surface area (Å²) in [6, 6.07) is 0.251. The molecule has 1 rings (SSSR count). The fourth-order valence-electron chi connectivity index (χ4n) is 2.43. The van der Waals surface area contributed by atoms with Gasteiger partial charge in [0, 0.05) is 32.2 Å². The molecule has 2 nitrogen and oxygen atoms in total. The Kier molecular flexibility index (Phi) is 6.43. The molecule has 0 radical (unpaired) electrons. The molecule has 5 heteroatoms. The molecular formula is C13H25F3N2. The Hall–Kier alpha value is -0.290. The van der Waals surface area contributed by atoms with Crippen molar-refractivity contribution in [1.29, 1.82) is 0 Å². The second-order valence-electron chi connectivity index (χ2n) is 5.28. The first kappa shape index (κ1) is 15.8. The highest BCUT2D eigenvalue weighted by Gasteiger charge is 2.41. The number of unbranched alkanes of at least 4 members (excludes halogenated alkanes) is 2. The Bertz CT molecular complexity index is 231. The van der Waals surface area contributed by atoms with Gasteiger partial charge in [0.25, 0.3) is 0 Å². The fraction of sp³-hybridized carbons (Fsp3) is 1.00. The smallest absolute Gasteiger partial charge is 0.315 e. The molecule has 1 saturated heterocycles. The predicted molar refractivity (Wildman–Crippen MR) is 67.6 cm³/mol. The summed E-state index contributed by atoms with van der Waals surface area (Å²) in [6.07, 6.45) is 0.341. The summed E-state index contributed by atoms with van der Waals surface area (Å²) in [6.45, 7) is 5.77. The number of hydrogen-bond donors (Lipinski definition) is 1. The first-order valence-corrected chi connectivity index (χ1v) is 6.96. The average molecular weight is 266 g/mol. The molecule has 1 aliphatic rings. The average Bonchev–Trinajstić information content (AvgIpc) is 2.54. The SMILES string of the molecule is CCCCCC(C)N1CCNCC(C(F)(F)F)C1. The second kappa shape index (κ2) is 7.34. The van der Waals surface area contributed by atoms with Gasteiger partial charge in [0.15, 0.2) is 0 Å². The van der Waals surface area contributed by atoms with E-state index in [0.717, 1.165) is 25.8 Å². The van der Waals surface area contributed by atoms with E-state index in [0.29, 0.717) is 6.54 Å². The summed E-state index contributed by atoms with van der Waals surface area (Å²) in [5.41, 5.74) is 0. The zero-order valence-electron chi connectivity index (χ0n) is 11.4. The molecule has 108 valence electrons. The fourth-order valence-corrected chi connectivity index (χ4v) is 2.43. The van der Waals surface area contributed by atoms with Gasteiger partial charge < -0.3 is 5.32 Å². The molecular weight excluding hydrogens is 241 g/mol. The molecule has 1 fully saturated rings. The summed E-state index contributed by atoms with van der Waals surface area (Å²) < 4.78 is 38.4. The van der Waals surface area contributed by atoms with Crippen LogP contribution in [0.2, 0.25) is 0 Å². The van der Waals surface area contributed by atoms with Gasteiger partial charge in [-0.3, -0.25) is 4.90 Å². The Balaban J connectivity index is 2.47. The van der Waals surface area contributed by atoms with Crippen LogP contribution in [0.1, 0.15) is 39.5 Å². The summed E-state index contributed by atoms with van der Waals surface area (Å²) >= 11 is 0. The van der Waals surface area contributed by atoms with Crippen molar-refractivity contribution in [2.75, 3.05) is 26.2 Å². The Morgan fingerprint density at radius 1 is 1.33 bits per heavy atom. The van der Waals surface area contributed by atoms with Gasteiger partial charge in [-0.1, -0.05) is 26.2 Å². The number of nitrogens with zero attached hydrogens (tertiary/aromatic N) is 1. The van der Waals surface area contributed by atoms with Crippen LogP contribution in [0, 0.1) is 5.92 Å². The highest BCUT2D eigenvalue weighted by atomic mass is 19.4. The first-order valence-electron chi connectivity index (χ1n) is 6.96. The van der Waals surface area contributed by atoms with Crippen molar-refractivity contribution in [3.8, 4) is 0 Å². The van der Waals surface area contributed by atoms with Crippen molar-refractivity contribution in [2.24, 2.45) is 5.92 Å².